The first kappa shape index (κ1) is 14.3. The molecule has 0 atom stereocenters. The third kappa shape index (κ3) is 3.34. The van der Waals surface area contributed by atoms with E-state index in [-0.39, 0.29) is 5.91 Å². The number of carbonyl (C=O) groups is 1. The third-order valence-electron chi connectivity index (χ3n) is 2.83. The van der Waals surface area contributed by atoms with Gasteiger partial charge in [-0.2, -0.15) is 10.1 Å². The normalized spacial score (nSPS) is 10.6. The molecule has 2 aromatic heterocycles. The molecule has 112 valence electrons. The van der Waals surface area contributed by atoms with Crippen LogP contribution in [0.4, 0.5) is 5.95 Å². The summed E-state index contributed by atoms with van der Waals surface area (Å²) in [6.45, 7) is 1.87. The van der Waals surface area contributed by atoms with Crippen molar-refractivity contribution in [1.82, 2.24) is 20.3 Å². The summed E-state index contributed by atoms with van der Waals surface area (Å²) in [7, 11) is 0. The van der Waals surface area contributed by atoms with E-state index in [1.54, 1.807) is 6.07 Å². The first-order valence-electron chi connectivity index (χ1n) is 6.53. The number of amides is 1. The summed E-state index contributed by atoms with van der Waals surface area (Å²) in [5.74, 6) is 1.45. The van der Waals surface area contributed by atoms with Crippen LogP contribution in [0.2, 0.25) is 0 Å². The Bertz CT molecular complexity index is 769. The van der Waals surface area contributed by atoms with Crippen molar-refractivity contribution >= 4 is 23.6 Å². The van der Waals surface area contributed by atoms with Gasteiger partial charge in [0.25, 0.3) is 5.91 Å². The molecule has 0 fully saturated rings. The number of thioether (sulfide) groups is 1. The van der Waals surface area contributed by atoms with Crippen LogP contribution in [0.1, 0.15) is 21.8 Å². The van der Waals surface area contributed by atoms with Gasteiger partial charge in [0.1, 0.15) is 12.1 Å². The molecule has 7 nitrogen and oxygen atoms in total. The fourth-order valence-electron chi connectivity index (χ4n) is 1.85. The Kier molecular flexibility index (Phi) is 4.19. The molecule has 0 radical (unpaired) electrons. The summed E-state index contributed by atoms with van der Waals surface area (Å²) in [6, 6.07) is 9.24. The van der Waals surface area contributed by atoms with Gasteiger partial charge in [-0.05, 0) is 19.1 Å². The zero-order chi connectivity index (χ0) is 15.4. The molecule has 1 aromatic carbocycles. The Labute approximate surface area is 130 Å². The maximum atomic E-state index is 12.3. The minimum absolute atomic E-state index is 0.242. The topological polar surface area (TPSA) is 96.7 Å². The molecule has 3 aromatic rings. The Morgan fingerprint density at radius 1 is 1.41 bits per heavy atom. The fraction of sp³-hybridized carbons (Fsp3) is 0.143. The smallest absolute Gasteiger partial charge is 0.259 e. The van der Waals surface area contributed by atoms with Crippen LogP contribution in [-0.4, -0.2) is 26.2 Å². The number of rotatable bonds is 5. The van der Waals surface area contributed by atoms with Crippen LogP contribution in [0, 0.1) is 6.92 Å². The van der Waals surface area contributed by atoms with Crippen molar-refractivity contribution in [2.24, 2.45) is 0 Å². The third-order valence-corrected chi connectivity index (χ3v) is 3.92. The van der Waals surface area contributed by atoms with Crippen LogP contribution < -0.4 is 5.32 Å². The number of H-pyrrole nitrogens is 1. The Morgan fingerprint density at radius 3 is 3.00 bits per heavy atom. The van der Waals surface area contributed by atoms with Crippen molar-refractivity contribution in [3.05, 3.63) is 53.7 Å². The van der Waals surface area contributed by atoms with Crippen molar-refractivity contribution in [2.75, 3.05) is 5.32 Å². The van der Waals surface area contributed by atoms with E-state index in [1.807, 2.05) is 31.2 Å². The van der Waals surface area contributed by atoms with Crippen LogP contribution in [-0.2, 0) is 5.75 Å². The molecule has 0 spiro atoms. The molecule has 0 saturated heterocycles. The first-order chi connectivity index (χ1) is 10.7. The van der Waals surface area contributed by atoms with Crippen LogP contribution in [0.25, 0.3) is 0 Å². The molecule has 0 aliphatic carbocycles. The van der Waals surface area contributed by atoms with Crippen LogP contribution >= 0.6 is 11.8 Å². The molecule has 0 aliphatic heterocycles. The van der Waals surface area contributed by atoms with E-state index in [0.717, 1.165) is 16.3 Å². The van der Waals surface area contributed by atoms with Crippen LogP contribution in [0.3, 0.4) is 0 Å². The average Bonchev–Trinajstić information content (AvgIpc) is 3.17. The van der Waals surface area contributed by atoms with E-state index in [9.17, 15) is 4.79 Å². The largest absolute Gasteiger partial charge is 0.360 e. The van der Waals surface area contributed by atoms with Gasteiger partial charge < -0.3 is 4.52 Å². The number of nitrogens with zero attached hydrogens (tertiary/aromatic N) is 3. The number of nitrogens with one attached hydrogen (secondary N) is 2. The number of carbonyl (C=O) groups excluding carboxylic acids is 1. The average molecular weight is 315 g/mol. The van der Waals surface area contributed by atoms with E-state index in [0.29, 0.717) is 17.3 Å². The second kappa shape index (κ2) is 6.44. The lowest BCUT2D eigenvalue weighted by atomic mass is 10.2. The highest BCUT2D eigenvalue weighted by Gasteiger charge is 2.13. The molecule has 22 heavy (non-hydrogen) atoms. The number of aromatic nitrogens is 4. The first-order valence-corrected chi connectivity index (χ1v) is 7.51. The molecule has 2 heterocycles. The zero-order valence-electron chi connectivity index (χ0n) is 11.7. The van der Waals surface area contributed by atoms with Gasteiger partial charge >= 0.3 is 0 Å². The maximum absolute atomic E-state index is 12.3. The van der Waals surface area contributed by atoms with Gasteiger partial charge in [-0.3, -0.25) is 10.1 Å². The second-order valence-corrected chi connectivity index (χ2v) is 5.52. The standard InChI is InChI=1S/C14H13N5O2S/c1-9-6-10(21-19-9)7-22-12-5-3-2-4-11(12)13(20)17-14-15-8-16-18-14/h2-6,8H,7H2,1H3,(H2,15,16,17,18,20). The monoisotopic (exact) mass is 315 g/mol. The Morgan fingerprint density at radius 2 is 2.27 bits per heavy atom. The lowest BCUT2D eigenvalue weighted by molar-refractivity contribution is 0.102. The molecule has 2 N–H and O–H groups in total. The lowest BCUT2D eigenvalue weighted by Crippen LogP contribution is -2.14. The van der Waals surface area contributed by atoms with Gasteiger partial charge in [0.15, 0.2) is 0 Å². The van der Waals surface area contributed by atoms with E-state index in [1.165, 1.54) is 18.1 Å². The zero-order valence-corrected chi connectivity index (χ0v) is 12.6. The predicted molar refractivity (Wildman–Crippen MR) is 81.6 cm³/mol. The van der Waals surface area contributed by atoms with Crippen molar-refractivity contribution in [2.45, 2.75) is 17.6 Å². The highest BCUT2D eigenvalue weighted by molar-refractivity contribution is 7.98. The van der Waals surface area contributed by atoms with Crippen molar-refractivity contribution < 1.29 is 9.32 Å². The number of benzene rings is 1. The SMILES string of the molecule is Cc1cc(CSc2ccccc2C(=O)Nc2ncn[nH]2)on1. The molecule has 3 rings (SSSR count). The Hall–Kier alpha value is -2.61. The quantitative estimate of drug-likeness (QED) is 0.703. The summed E-state index contributed by atoms with van der Waals surface area (Å²) in [5.41, 5.74) is 1.41. The van der Waals surface area contributed by atoms with Gasteiger partial charge in [-0.1, -0.05) is 17.3 Å². The van der Waals surface area contributed by atoms with Crippen LogP contribution in [0.15, 0.2) is 46.1 Å². The molecule has 0 unspecified atom stereocenters. The number of hydrogen-bond donors (Lipinski definition) is 2. The van der Waals surface area contributed by atoms with Crippen molar-refractivity contribution in [1.29, 1.82) is 0 Å². The predicted octanol–water partition coefficient (Wildman–Crippen LogP) is 2.65. The minimum Gasteiger partial charge on any atom is -0.360 e. The van der Waals surface area contributed by atoms with E-state index in [2.05, 4.69) is 25.7 Å². The second-order valence-electron chi connectivity index (χ2n) is 4.51. The molecular formula is C14H13N5O2S. The van der Waals surface area contributed by atoms with Crippen LogP contribution in [0.5, 0.6) is 0 Å². The summed E-state index contributed by atoms with van der Waals surface area (Å²) < 4.78 is 5.18. The molecule has 1 amide bonds. The highest BCUT2D eigenvalue weighted by Crippen LogP contribution is 2.27. The maximum Gasteiger partial charge on any atom is 0.259 e. The molecule has 0 bridgehead atoms. The van der Waals surface area contributed by atoms with Gasteiger partial charge in [0.2, 0.25) is 5.95 Å². The van der Waals surface area contributed by atoms with E-state index in [4.69, 9.17) is 4.52 Å². The molecule has 8 heteroatoms. The van der Waals surface area contributed by atoms with Gasteiger partial charge in [-0.15, -0.1) is 11.8 Å². The lowest BCUT2D eigenvalue weighted by Gasteiger charge is -2.07. The summed E-state index contributed by atoms with van der Waals surface area (Å²) in [4.78, 5) is 17.0. The minimum atomic E-state index is -0.242. The van der Waals surface area contributed by atoms with Crippen molar-refractivity contribution in [3.8, 4) is 0 Å². The van der Waals surface area contributed by atoms with E-state index >= 15 is 0 Å². The fourth-order valence-corrected chi connectivity index (χ4v) is 2.78. The summed E-state index contributed by atoms with van der Waals surface area (Å²) in [6.07, 6.45) is 1.34. The molecule has 0 aliphatic rings. The summed E-state index contributed by atoms with van der Waals surface area (Å²) in [5, 5.41) is 12.8. The molecule has 0 saturated carbocycles. The van der Waals surface area contributed by atoms with Gasteiger partial charge in [-0.25, -0.2) is 5.10 Å². The van der Waals surface area contributed by atoms with Gasteiger partial charge in [0.05, 0.1) is 17.0 Å². The number of aryl methyl sites for hydroxylation is 1. The number of aromatic amines is 1. The number of hydrogen-bond acceptors (Lipinski definition) is 6. The van der Waals surface area contributed by atoms with Crippen molar-refractivity contribution in [3.63, 3.8) is 0 Å². The van der Waals surface area contributed by atoms with Gasteiger partial charge in [0, 0.05) is 11.0 Å². The summed E-state index contributed by atoms with van der Waals surface area (Å²) >= 11 is 1.51. The highest BCUT2D eigenvalue weighted by atomic mass is 32.2. The molecular weight excluding hydrogens is 302 g/mol. The van der Waals surface area contributed by atoms with E-state index < -0.39 is 0 Å². The Balaban J connectivity index is 1.73. The number of anilines is 1.